The summed E-state index contributed by atoms with van der Waals surface area (Å²) >= 11 is 0. The molecule has 15 heteroatoms. The van der Waals surface area contributed by atoms with Crippen molar-refractivity contribution >= 4 is 22.5 Å². The van der Waals surface area contributed by atoms with Crippen LogP contribution in [0.15, 0.2) is 6.07 Å². The van der Waals surface area contributed by atoms with Crippen LogP contribution in [-0.2, 0) is 6.18 Å². The molecular formula is C31H41F5N8O2. The third-order valence-electron chi connectivity index (χ3n) is 8.26. The van der Waals surface area contributed by atoms with Crippen molar-refractivity contribution in [3.05, 3.63) is 23.1 Å². The molecule has 0 radical (unpaired) electrons. The summed E-state index contributed by atoms with van der Waals surface area (Å²) in [7, 11) is 0. The van der Waals surface area contributed by atoms with E-state index in [1.165, 1.54) is 0 Å². The molecule has 0 amide bonds. The van der Waals surface area contributed by atoms with E-state index in [4.69, 9.17) is 15.2 Å². The molecule has 46 heavy (non-hydrogen) atoms. The standard InChI is InChI=1S/C29H35F5N8O2.C2H6/c1-15-4-7-36-8-9-37-24-19-23(40-26(41-24)43-14-28(5-6-28)13-42-11-27(3,31)12-42)21(30)22(39-25(19)44-15)17-10-18(35)38-16(2)20(17)29(32,33)34;1-2/h10,15,36H,4-9,11-14H2,1-3H3,(H2,35,38)(H,37,40,41);1-2H3. The second kappa shape index (κ2) is 12.9. The number of likely N-dealkylation sites (tertiary alicyclic amines) is 1. The topological polar surface area (TPSA) is 123 Å². The highest BCUT2D eigenvalue weighted by Gasteiger charge is 2.49. The molecule has 0 aromatic carbocycles. The van der Waals surface area contributed by atoms with Gasteiger partial charge in [-0.3, -0.25) is 4.90 Å². The Balaban J connectivity index is 0.00000204. The van der Waals surface area contributed by atoms with E-state index in [1.807, 2.05) is 18.7 Å². The summed E-state index contributed by atoms with van der Waals surface area (Å²) in [6, 6.07) is 0.801. The first-order chi connectivity index (χ1) is 21.7. The van der Waals surface area contributed by atoms with Crippen molar-refractivity contribution in [1.82, 2.24) is 30.2 Å². The minimum absolute atomic E-state index is 0.0867. The molecule has 0 spiro atoms. The number of nitrogen functional groups attached to an aromatic ring is 1. The molecule has 3 aliphatic rings. The Morgan fingerprint density at radius 1 is 1.11 bits per heavy atom. The number of nitrogens with one attached hydrogen (secondary N) is 2. The molecule has 3 aromatic heterocycles. The Hall–Kier alpha value is -3.59. The zero-order valence-electron chi connectivity index (χ0n) is 26.7. The van der Waals surface area contributed by atoms with Gasteiger partial charge in [0.2, 0.25) is 5.88 Å². The molecule has 1 saturated heterocycles. The summed E-state index contributed by atoms with van der Waals surface area (Å²) in [5.41, 5.74) is 1.34. The minimum Gasteiger partial charge on any atom is -0.474 e. The molecule has 1 saturated carbocycles. The van der Waals surface area contributed by atoms with Gasteiger partial charge in [-0.05, 0) is 52.6 Å². The van der Waals surface area contributed by atoms with E-state index in [9.17, 15) is 17.6 Å². The van der Waals surface area contributed by atoms with Crippen LogP contribution in [0.2, 0.25) is 0 Å². The van der Waals surface area contributed by atoms with Crippen molar-refractivity contribution in [1.29, 1.82) is 0 Å². The highest BCUT2D eigenvalue weighted by Crippen LogP contribution is 2.48. The van der Waals surface area contributed by atoms with Gasteiger partial charge in [0, 0.05) is 43.7 Å². The number of nitrogens with zero attached hydrogens (tertiary/aromatic N) is 5. The van der Waals surface area contributed by atoms with Crippen LogP contribution in [0.4, 0.5) is 33.6 Å². The number of ether oxygens (including phenoxy) is 2. The number of rotatable bonds is 6. The minimum atomic E-state index is -4.87. The van der Waals surface area contributed by atoms with Crippen LogP contribution in [0.3, 0.4) is 0 Å². The molecule has 4 N–H and O–H groups in total. The molecule has 2 aliphatic heterocycles. The third-order valence-corrected chi connectivity index (χ3v) is 8.26. The van der Waals surface area contributed by atoms with Gasteiger partial charge in [0.15, 0.2) is 5.82 Å². The van der Waals surface area contributed by atoms with Gasteiger partial charge in [0.25, 0.3) is 0 Å². The van der Waals surface area contributed by atoms with E-state index in [-0.39, 0.29) is 46.5 Å². The average Bonchev–Trinajstić information content (AvgIpc) is 3.73. The van der Waals surface area contributed by atoms with Crippen molar-refractivity contribution in [3.63, 3.8) is 0 Å². The summed E-state index contributed by atoms with van der Waals surface area (Å²) < 4.78 is 85.4. The van der Waals surface area contributed by atoms with E-state index >= 15 is 4.39 Å². The number of nitrogens with two attached hydrogens (primary N) is 1. The second-order valence-corrected chi connectivity index (χ2v) is 12.5. The Kier molecular flexibility index (Phi) is 9.47. The smallest absolute Gasteiger partial charge is 0.418 e. The van der Waals surface area contributed by atoms with E-state index in [0.29, 0.717) is 45.7 Å². The maximum atomic E-state index is 16.5. The lowest BCUT2D eigenvalue weighted by Crippen LogP contribution is -2.58. The summed E-state index contributed by atoms with van der Waals surface area (Å²) in [4.78, 5) is 19.0. The van der Waals surface area contributed by atoms with Gasteiger partial charge < -0.3 is 25.8 Å². The molecule has 1 aliphatic carbocycles. The van der Waals surface area contributed by atoms with Crippen molar-refractivity contribution in [2.75, 3.05) is 56.9 Å². The van der Waals surface area contributed by atoms with Gasteiger partial charge >= 0.3 is 12.2 Å². The van der Waals surface area contributed by atoms with Gasteiger partial charge in [-0.15, -0.1) is 0 Å². The van der Waals surface area contributed by atoms with Crippen LogP contribution >= 0.6 is 0 Å². The Morgan fingerprint density at radius 3 is 2.48 bits per heavy atom. The van der Waals surface area contributed by atoms with Gasteiger partial charge in [0.1, 0.15) is 33.9 Å². The second-order valence-electron chi connectivity index (χ2n) is 12.5. The summed E-state index contributed by atoms with van der Waals surface area (Å²) in [5.74, 6) is -1.27. The summed E-state index contributed by atoms with van der Waals surface area (Å²) in [5, 5.41) is 6.51. The Labute approximate surface area is 264 Å². The molecule has 5 heterocycles. The fraction of sp³-hybridized carbons (Fsp3) is 0.613. The molecule has 252 valence electrons. The normalized spacial score (nSPS) is 20.7. The van der Waals surface area contributed by atoms with Crippen LogP contribution in [0.5, 0.6) is 11.9 Å². The monoisotopic (exact) mass is 652 g/mol. The van der Waals surface area contributed by atoms with E-state index in [0.717, 1.165) is 25.8 Å². The van der Waals surface area contributed by atoms with Crippen molar-refractivity contribution in [2.45, 2.75) is 71.8 Å². The zero-order chi connectivity index (χ0) is 33.4. The SMILES string of the molecule is CC.Cc1nc(N)cc(-c2nc3c4c(nc(OCC5(CN6CC(C)(F)C6)CC5)nc4c2F)NCCNCCC(C)O3)c1C(F)(F)F. The van der Waals surface area contributed by atoms with Gasteiger partial charge in [-0.2, -0.15) is 23.1 Å². The number of halogens is 5. The maximum Gasteiger partial charge on any atom is 0.418 e. The van der Waals surface area contributed by atoms with Gasteiger partial charge in [-0.25, -0.2) is 18.7 Å². The fourth-order valence-corrected chi connectivity index (χ4v) is 5.98. The molecule has 6 rings (SSSR count). The molecular weight excluding hydrogens is 611 g/mol. The Bertz CT molecular complexity index is 1570. The first-order valence-corrected chi connectivity index (χ1v) is 15.6. The number of hydrogen-bond donors (Lipinski definition) is 3. The Morgan fingerprint density at radius 2 is 1.83 bits per heavy atom. The van der Waals surface area contributed by atoms with Crippen molar-refractivity contribution in [3.8, 4) is 23.1 Å². The summed E-state index contributed by atoms with van der Waals surface area (Å²) in [6.45, 7) is 11.7. The number of aromatic nitrogens is 4. The van der Waals surface area contributed by atoms with E-state index in [1.54, 1.807) is 13.8 Å². The first kappa shape index (κ1) is 33.8. The van der Waals surface area contributed by atoms with Crippen molar-refractivity contribution < 1.29 is 31.4 Å². The van der Waals surface area contributed by atoms with E-state index in [2.05, 4.69) is 30.6 Å². The zero-order valence-corrected chi connectivity index (χ0v) is 26.7. The quantitative estimate of drug-likeness (QED) is 0.293. The van der Waals surface area contributed by atoms with Crippen molar-refractivity contribution in [2.24, 2.45) is 5.41 Å². The fourth-order valence-electron chi connectivity index (χ4n) is 5.98. The number of aryl methyl sites for hydroxylation is 1. The lowest BCUT2D eigenvalue weighted by atomic mass is 9.96. The molecule has 1 atom stereocenters. The average molecular weight is 653 g/mol. The highest BCUT2D eigenvalue weighted by molar-refractivity contribution is 5.96. The van der Waals surface area contributed by atoms with Crippen LogP contribution in [0.1, 0.15) is 58.2 Å². The highest BCUT2D eigenvalue weighted by atomic mass is 19.4. The van der Waals surface area contributed by atoms with Crippen LogP contribution in [0, 0.1) is 18.2 Å². The molecule has 3 aromatic rings. The van der Waals surface area contributed by atoms with Crippen LogP contribution < -0.4 is 25.8 Å². The lowest BCUT2D eigenvalue weighted by Gasteiger charge is -2.43. The number of hydrogen-bond acceptors (Lipinski definition) is 10. The van der Waals surface area contributed by atoms with Crippen LogP contribution in [-0.4, -0.2) is 82.5 Å². The predicted molar refractivity (Wildman–Crippen MR) is 165 cm³/mol. The van der Waals surface area contributed by atoms with E-state index < -0.39 is 46.3 Å². The first-order valence-electron chi connectivity index (χ1n) is 15.6. The lowest BCUT2D eigenvalue weighted by molar-refractivity contribution is -0.137. The predicted octanol–water partition coefficient (Wildman–Crippen LogP) is 5.54. The maximum absolute atomic E-state index is 16.5. The molecule has 10 nitrogen and oxygen atoms in total. The van der Waals surface area contributed by atoms with Gasteiger partial charge in [-0.1, -0.05) is 13.8 Å². The number of pyridine rings is 2. The van der Waals surface area contributed by atoms with Crippen LogP contribution in [0.25, 0.3) is 22.2 Å². The number of alkyl halides is 4. The molecule has 1 unspecified atom stereocenters. The molecule has 0 bridgehead atoms. The number of anilines is 2. The summed E-state index contributed by atoms with van der Waals surface area (Å²) in [6.07, 6.45) is -2.99. The largest absolute Gasteiger partial charge is 0.474 e. The third kappa shape index (κ3) is 7.19. The molecule has 2 fully saturated rings. The van der Waals surface area contributed by atoms with Gasteiger partial charge in [0.05, 0.1) is 24.0 Å².